The Labute approximate surface area is 181 Å². The number of hydrogen-bond donors (Lipinski definition) is 1. The molecule has 1 unspecified atom stereocenters. The van der Waals surface area contributed by atoms with Crippen molar-refractivity contribution < 1.29 is 14.3 Å². The number of carbonyl (C=O) groups excluding carboxylic acids is 2. The number of likely N-dealkylation sites (tertiary alicyclic amines) is 1. The van der Waals surface area contributed by atoms with E-state index in [9.17, 15) is 9.59 Å². The second-order valence-electron chi connectivity index (χ2n) is 7.62. The second-order valence-corrected chi connectivity index (χ2v) is 7.62. The molecular weight excluding hydrogens is 390 g/mol. The molecule has 3 aromatic rings. The molecule has 1 aromatic heterocycles. The number of hydrogen-bond acceptors (Lipinski definition) is 4. The maximum atomic E-state index is 12.9. The van der Waals surface area contributed by atoms with E-state index in [2.05, 4.69) is 4.98 Å². The average molecular weight is 415 g/mol. The van der Waals surface area contributed by atoms with Crippen LogP contribution in [0, 0.1) is 0 Å². The van der Waals surface area contributed by atoms with Crippen LogP contribution in [0.25, 0.3) is 11.3 Å². The van der Waals surface area contributed by atoms with E-state index in [1.54, 1.807) is 12.1 Å². The lowest BCUT2D eigenvalue weighted by Crippen LogP contribution is -2.41. The molecule has 1 fully saturated rings. The number of nitrogens with zero attached hydrogens (tertiary/aromatic N) is 2. The van der Waals surface area contributed by atoms with Gasteiger partial charge >= 0.3 is 0 Å². The lowest BCUT2D eigenvalue weighted by atomic mass is 9.95. The molecule has 0 spiro atoms. The molecule has 158 valence electrons. The van der Waals surface area contributed by atoms with E-state index in [1.165, 1.54) is 0 Å². The predicted octanol–water partition coefficient (Wildman–Crippen LogP) is 3.98. The van der Waals surface area contributed by atoms with Gasteiger partial charge in [0.15, 0.2) is 6.61 Å². The van der Waals surface area contributed by atoms with Crippen molar-refractivity contribution in [1.82, 2.24) is 9.88 Å². The summed E-state index contributed by atoms with van der Waals surface area (Å²) in [5, 5.41) is 0. The number of carbonyl (C=O) groups is 2. The molecule has 1 aliphatic heterocycles. The van der Waals surface area contributed by atoms with E-state index in [0.717, 1.165) is 42.6 Å². The second kappa shape index (κ2) is 9.43. The minimum atomic E-state index is -0.451. The van der Waals surface area contributed by atoms with Gasteiger partial charge in [0.05, 0.1) is 11.7 Å². The van der Waals surface area contributed by atoms with E-state index in [1.807, 2.05) is 65.7 Å². The Morgan fingerprint density at radius 3 is 2.45 bits per heavy atom. The maximum Gasteiger partial charge on any atom is 0.261 e. The minimum Gasteiger partial charge on any atom is -0.484 e. The quantitative estimate of drug-likeness (QED) is 0.660. The van der Waals surface area contributed by atoms with Gasteiger partial charge in [0.1, 0.15) is 5.75 Å². The minimum absolute atomic E-state index is 0.000545. The van der Waals surface area contributed by atoms with Crippen LogP contribution >= 0.6 is 0 Å². The van der Waals surface area contributed by atoms with Crippen molar-refractivity contribution >= 4 is 11.8 Å². The first-order chi connectivity index (χ1) is 15.1. The summed E-state index contributed by atoms with van der Waals surface area (Å²) in [6, 6.07) is 20.4. The molecule has 2 aromatic carbocycles. The number of piperidine rings is 1. The summed E-state index contributed by atoms with van der Waals surface area (Å²) in [5.41, 5.74) is 8.50. The molecular formula is C25H25N3O3. The first-order valence-corrected chi connectivity index (χ1v) is 10.5. The van der Waals surface area contributed by atoms with E-state index < -0.39 is 5.91 Å². The molecule has 1 atom stereocenters. The number of nitrogens with two attached hydrogens (primary N) is 1. The Hall–Kier alpha value is -3.67. The van der Waals surface area contributed by atoms with Crippen molar-refractivity contribution in [3.63, 3.8) is 0 Å². The molecule has 0 bridgehead atoms. The number of aromatic nitrogens is 1. The van der Waals surface area contributed by atoms with Gasteiger partial charge in [-0.3, -0.25) is 14.6 Å². The fourth-order valence-electron chi connectivity index (χ4n) is 3.90. The highest BCUT2D eigenvalue weighted by Crippen LogP contribution is 2.31. The van der Waals surface area contributed by atoms with Crippen LogP contribution in [0.1, 0.15) is 41.2 Å². The summed E-state index contributed by atoms with van der Waals surface area (Å²) in [6.45, 7) is 0.746. The predicted molar refractivity (Wildman–Crippen MR) is 118 cm³/mol. The van der Waals surface area contributed by atoms with Gasteiger partial charge < -0.3 is 15.4 Å². The lowest BCUT2D eigenvalue weighted by molar-refractivity contribution is -0.137. The molecule has 4 rings (SSSR count). The van der Waals surface area contributed by atoms with Gasteiger partial charge in [-0.25, -0.2) is 0 Å². The Morgan fingerprint density at radius 2 is 1.77 bits per heavy atom. The summed E-state index contributed by atoms with van der Waals surface area (Å²) in [6.07, 6.45) is 4.81. The third-order valence-electron chi connectivity index (χ3n) is 5.56. The molecule has 1 saturated heterocycles. The normalized spacial score (nSPS) is 16.0. The van der Waals surface area contributed by atoms with Gasteiger partial charge in [0, 0.05) is 23.9 Å². The first-order valence-electron chi connectivity index (χ1n) is 10.5. The molecule has 1 aliphatic rings. The molecule has 2 amide bonds. The van der Waals surface area contributed by atoms with E-state index in [4.69, 9.17) is 10.5 Å². The zero-order valence-electron chi connectivity index (χ0n) is 17.2. The van der Waals surface area contributed by atoms with Crippen LogP contribution in [0.3, 0.4) is 0 Å². The van der Waals surface area contributed by atoms with Gasteiger partial charge in [0.25, 0.3) is 5.91 Å². The third kappa shape index (κ3) is 4.91. The number of rotatable bonds is 6. The Kier molecular flexibility index (Phi) is 6.26. The van der Waals surface area contributed by atoms with Crippen molar-refractivity contribution in [3.8, 4) is 17.0 Å². The highest BCUT2D eigenvalue weighted by Gasteiger charge is 2.28. The van der Waals surface area contributed by atoms with Crippen molar-refractivity contribution in [3.05, 3.63) is 84.1 Å². The fourth-order valence-corrected chi connectivity index (χ4v) is 3.90. The molecule has 6 nitrogen and oxygen atoms in total. The number of primary amides is 1. The van der Waals surface area contributed by atoms with Gasteiger partial charge in [-0.2, -0.15) is 0 Å². The molecule has 31 heavy (non-hydrogen) atoms. The topological polar surface area (TPSA) is 85.5 Å². The van der Waals surface area contributed by atoms with Gasteiger partial charge in [-0.15, -0.1) is 0 Å². The number of benzene rings is 2. The van der Waals surface area contributed by atoms with Crippen LogP contribution in [0.4, 0.5) is 0 Å². The zero-order chi connectivity index (χ0) is 21.6. The molecule has 2 N–H and O–H groups in total. The fraction of sp³-hybridized carbons (Fsp3) is 0.240. The van der Waals surface area contributed by atoms with Gasteiger partial charge in [0.2, 0.25) is 5.91 Å². The molecule has 6 heteroatoms. The molecule has 2 heterocycles. The van der Waals surface area contributed by atoms with E-state index >= 15 is 0 Å². The average Bonchev–Trinajstić information content (AvgIpc) is 2.83. The third-order valence-corrected chi connectivity index (χ3v) is 5.56. The lowest BCUT2D eigenvalue weighted by Gasteiger charge is -2.36. The zero-order valence-corrected chi connectivity index (χ0v) is 17.2. The van der Waals surface area contributed by atoms with Crippen LogP contribution in [-0.2, 0) is 4.79 Å². The Bertz CT molecular complexity index is 1030. The largest absolute Gasteiger partial charge is 0.484 e. The maximum absolute atomic E-state index is 12.9. The highest BCUT2D eigenvalue weighted by atomic mass is 16.5. The summed E-state index contributed by atoms with van der Waals surface area (Å²) in [7, 11) is 0. The van der Waals surface area contributed by atoms with Crippen molar-refractivity contribution in [2.75, 3.05) is 13.2 Å². The summed E-state index contributed by atoms with van der Waals surface area (Å²) >= 11 is 0. The van der Waals surface area contributed by atoms with Crippen LogP contribution in [0.5, 0.6) is 5.75 Å². The van der Waals surface area contributed by atoms with E-state index in [0.29, 0.717) is 11.3 Å². The van der Waals surface area contributed by atoms with Crippen molar-refractivity contribution in [2.45, 2.75) is 25.3 Å². The number of ether oxygens (including phenoxy) is 1. The Balaban J connectivity index is 1.46. The Morgan fingerprint density at radius 1 is 1.00 bits per heavy atom. The first kappa shape index (κ1) is 20.6. The number of pyridine rings is 1. The summed E-state index contributed by atoms with van der Waals surface area (Å²) in [4.78, 5) is 30.6. The smallest absolute Gasteiger partial charge is 0.261 e. The van der Waals surface area contributed by atoms with Gasteiger partial charge in [-0.05, 0) is 55.2 Å². The summed E-state index contributed by atoms with van der Waals surface area (Å²) < 4.78 is 5.67. The number of para-hydroxylation sites is 1. The highest BCUT2D eigenvalue weighted by molar-refractivity contribution is 5.93. The number of amides is 2. The standard InChI is InChI=1S/C25H25N3O3/c26-25(30)19-11-9-18(10-12-19)22-14-13-20(16-27-22)23-8-4-5-15-28(23)24(29)17-31-21-6-2-1-3-7-21/h1-3,6-7,9-14,16,23H,4-5,8,15,17H2,(H2,26,30). The van der Waals surface area contributed by atoms with E-state index in [-0.39, 0.29) is 18.6 Å². The van der Waals surface area contributed by atoms with Gasteiger partial charge in [-0.1, -0.05) is 36.4 Å². The van der Waals surface area contributed by atoms with Crippen LogP contribution in [-0.4, -0.2) is 34.8 Å². The van der Waals surface area contributed by atoms with Crippen LogP contribution in [0.2, 0.25) is 0 Å². The van der Waals surface area contributed by atoms with Crippen LogP contribution in [0.15, 0.2) is 72.9 Å². The van der Waals surface area contributed by atoms with Crippen molar-refractivity contribution in [1.29, 1.82) is 0 Å². The SMILES string of the molecule is NC(=O)c1ccc(-c2ccc(C3CCCCN3C(=O)COc3ccccc3)cn2)cc1. The van der Waals surface area contributed by atoms with Crippen molar-refractivity contribution in [2.24, 2.45) is 5.73 Å². The molecule has 0 radical (unpaired) electrons. The molecule has 0 aliphatic carbocycles. The summed E-state index contributed by atoms with van der Waals surface area (Å²) in [5.74, 6) is 0.227. The monoisotopic (exact) mass is 415 g/mol. The molecule has 0 saturated carbocycles. The van der Waals surface area contributed by atoms with Crippen LogP contribution < -0.4 is 10.5 Å².